The van der Waals surface area contributed by atoms with Crippen molar-refractivity contribution in [3.63, 3.8) is 0 Å². The molecule has 0 aliphatic heterocycles. The number of amides is 2. The van der Waals surface area contributed by atoms with Crippen molar-refractivity contribution in [3.05, 3.63) is 64.8 Å². The van der Waals surface area contributed by atoms with Crippen molar-refractivity contribution >= 4 is 11.8 Å². The van der Waals surface area contributed by atoms with E-state index in [-0.39, 0.29) is 28.5 Å². The summed E-state index contributed by atoms with van der Waals surface area (Å²) in [6, 6.07) is 12.3. The summed E-state index contributed by atoms with van der Waals surface area (Å²) >= 11 is 0. The highest BCUT2D eigenvalue weighted by Crippen LogP contribution is 2.74. The summed E-state index contributed by atoms with van der Waals surface area (Å²) in [6.07, 6.45) is 3.63. The smallest absolute Gasteiger partial charge is 0.273 e. The van der Waals surface area contributed by atoms with Crippen LogP contribution in [0.5, 0.6) is 0 Å². The molecular formula is C25H28N6O3. The Hall–Kier alpha value is -3.49. The molecule has 2 N–H and O–H groups in total. The van der Waals surface area contributed by atoms with Gasteiger partial charge in [-0.1, -0.05) is 40.7 Å². The highest BCUT2D eigenvalue weighted by Gasteiger charge is 2.72. The van der Waals surface area contributed by atoms with Gasteiger partial charge in [-0.15, -0.1) is 5.10 Å². The van der Waals surface area contributed by atoms with Gasteiger partial charge in [0.25, 0.3) is 5.91 Å². The van der Waals surface area contributed by atoms with E-state index >= 15 is 0 Å². The number of hydrogen-bond donors (Lipinski definition) is 2. The predicted octanol–water partition coefficient (Wildman–Crippen LogP) is 2.50. The van der Waals surface area contributed by atoms with Gasteiger partial charge in [0.05, 0.1) is 23.2 Å². The summed E-state index contributed by atoms with van der Waals surface area (Å²) in [6.45, 7) is 4.42. The predicted molar refractivity (Wildman–Crippen MR) is 122 cm³/mol. The monoisotopic (exact) mass is 460 g/mol. The molecule has 2 aromatic heterocycles. The van der Waals surface area contributed by atoms with Gasteiger partial charge in [-0.3, -0.25) is 9.59 Å². The first-order chi connectivity index (χ1) is 16.4. The maximum atomic E-state index is 13.1. The van der Waals surface area contributed by atoms with Crippen LogP contribution < -0.4 is 10.6 Å². The van der Waals surface area contributed by atoms with Crippen LogP contribution in [0.2, 0.25) is 0 Å². The van der Waals surface area contributed by atoms with E-state index in [9.17, 15) is 9.59 Å². The number of nitrogens with one attached hydrogen (secondary N) is 2. The number of fused-ring (bicyclic) bond motifs is 1. The third-order valence-corrected chi connectivity index (χ3v) is 7.89. The van der Waals surface area contributed by atoms with Gasteiger partial charge in [-0.05, 0) is 56.9 Å². The Balaban J connectivity index is 1.03. The van der Waals surface area contributed by atoms with E-state index in [0.717, 1.165) is 37.1 Å². The zero-order valence-corrected chi connectivity index (χ0v) is 19.4. The Morgan fingerprint density at radius 1 is 1.18 bits per heavy atom. The van der Waals surface area contributed by atoms with Gasteiger partial charge in [-0.25, -0.2) is 4.68 Å². The van der Waals surface area contributed by atoms with Gasteiger partial charge < -0.3 is 15.2 Å². The number of benzene rings is 1. The van der Waals surface area contributed by atoms with Crippen molar-refractivity contribution in [3.8, 4) is 0 Å². The molecule has 0 bridgehead atoms. The van der Waals surface area contributed by atoms with Gasteiger partial charge in [0.15, 0.2) is 5.69 Å². The van der Waals surface area contributed by atoms with Crippen molar-refractivity contribution in [1.82, 2.24) is 30.8 Å². The Morgan fingerprint density at radius 2 is 1.97 bits per heavy atom. The minimum atomic E-state index is -0.339. The van der Waals surface area contributed by atoms with Crippen molar-refractivity contribution in [2.75, 3.05) is 6.54 Å². The molecule has 34 heavy (non-hydrogen) atoms. The molecule has 3 aromatic rings. The second-order valence-electron chi connectivity index (χ2n) is 10.2. The summed E-state index contributed by atoms with van der Waals surface area (Å²) in [5.74, 6) is 1.54. The molecule has 6 rings (SSSR count). The summed E-state index contributed by atoms with van der Waals surface area (Å²) in [4.78, 5) is 25.9. The van der Waals surface area contributed by atoms with Crippen molar-refractivity contribution in [1.29, 1.82) is 0 Å². The second kappa shape index (κ2) is 7.51. The molecule has 3 aliphatic rings. The average Bonchev–Trinajstić information content (AvgIpc) is 3.59. The molecule has 0 radical (unpaired) electrons. The third kappa shape index (κ3) is 3.50. The van der Waals surface area contributed by atoms with Crippen LogP contribution in [0.1, 0.15) is 64.8 Å². The summed E-state index contributed by atoms with van der Waals surface area (Å²) in [5, 5.41) is 18.3. The maximum absolute atomic E-state index is 13.1. The number of aryl methyl sites for hydroxylation is 1. The molecule has 0 unspecified atom stereocenters. The van der Waals surface area contributed by atoms with Gasteiger partial charge in [0, 0.05) is 12.6 Å². The molecule has 3 atom stereocenters. The Morgan fingerprint density at radius 3 is 2.65 bits per heavy atom. The Labute approximate surface area is 197 Å². The van der Waals surface area contributed by atoms with E-state index in [2.05, 4.69) is 50.4 Å². The quantitative estimate of drug-likeness (QED) is 0.534. The van der Waals surface area contributed by atoms with Crippen LogP contribution in [0.25, 0.3) is 0 Å². The minimum absolute atomic E-state index is 0.154. The van der Waals surface area contributed by atoms with Crippen LogP contribution in [-0.4, -0.2) is 44.0 Å². The lowest BCUT2D eigenvalue weighted by molar-refractivity contribution is -0.130. The second-order valence-corrected chi connectivity index (χ2v) is 10.2. The lowest BCUT2D eigenvalue weighted by Crippen LogP contribution is -2.50. The molecule has 9 nitrogen and oxygen atoms in total. The molecule has 176 valence electrons. The van der Waals surface area contributed by atoms with E-state index in [1.807, 2.05) is 26.0 Å². The van der Waals surface area contributed by atoms with Crippen molar-refractivity contribution in [2.45, 2.75) is 57.5 Å². The summed E-state index contributed by atoms with van der Waals surface area (Å²) < 4.78 is 6.72. The van der Waals surface area contributed by atoms with Gasteiger partial charge >= 0.3 is 0 Å². The first kappa shape index (κ1) is 21.1. The number of carbonyl (C=O) groups excluding carboxylic acids is 2. The fourth-order valence-corrected chi connectivity index (χ4v) is 5.44. The molecular weight excluding hydrogens is 432 g/mol. The van der Waals surface area contributed by atoms with Crippen molar-refractivity contribution < 1.29 is 14.1 Å². The van der Waals surface area contributed by atoms with Crippen LogP contribution in [0.15, 0.2) is 40.9 Å². The van der Waals surface area contributed by atoms with Crippen LogP contribution >= 0.6 is 0 Å². The number of rotatable bonds is 8. The number of aromatic nitrogens is 4. The molecule has 3 fully saturated rings. The first-order valence-corrected chi connectivity index (χ1v) is 11.9. The highest BCUT2D eigenvalue weighted by atomic mass is 16.5. The van der Waals surface area contributed by atoms with E-state index < -0.39 is 0 Å². The topological polar surface area (TPSA) is 115 Å². The molecule has 0 spiro atoms. The largest absolute Gasteiger partial charge is 0.361 e. The fraction of sp³-hybridized carbons (Fsp3) is 0.480. The molecule has 3 aliphatic carbocycles. The van der Waals surface area contributed by atoms with Gasteiger partial charge in [0.2, 0.25) is 5.91 Å². The standard InChI is InChI=1S/C25H28N6O3/c1-15-10-18(29-34-15)13-31-16(2)21(28-30-31)22(32)26-14-24(8-9-24)27-23(33)25-11-19(20(25)12-25)17-6-4-3-5-7-17/h3-7,10,19-20H,8-9,11-14H2,1-2H3,(H,26,32)(H,27,33)/t19-,20+,25-/m1/s1. The normalized spacial score (nSPS) is 25.7. The number of carbonyl (C=O) groups is 2. The molecule has 0 saturated heterocycles. The van der Waals surface area contributed by atoms with E-state index in [1.54, 1.807) is 4.68 Å². The molecule has 1 aromatic carbocycles. The highest BCUT2D eigenvalue weighted by molar-refractivity contribution is 5.93. The minimum Gasteiger partial charge on any atom is -0.361 e. The first-order valence-electron chi connectivity index (χ1n) is 11.9. The third-order valence-electron chi connectivity index (χ3n) is 7.89. The van der Waals surface area contributed by atoms with Gasteiger partial charge in [-0.2, -0.15) is 0 Å². The lowest BCUT2D eigenvalue weighted by Gasteiger charge is -2.35. The zero-order valence-electron chi connectivity index (χ0n) is 19.4. The average molecular weight is 461 g/mol. The molecule has 3 saturated carbocycles. The van der Waals surface area contributed by atoms with Crippen LogP contribution in [0.4, 0.5) is 0 Å². The van der Waals surface area contributed by atoms with E-state index in [0.29, 0.717) is 30.6 Å². The molecule has 2 heterocycles. The fourth-order valence-electron chi connectivity index (χ4n) is 5.44. The van der Waals surface area contributed by atoms with Crippen LogP contribution in [0, 0.1) is 25.2 Å². The van der Waals surface area contributed by atoms with Gasteiger partial charge in [0.1, 0.15) is 11.5 Å². The summed E-state index contributed by atoms with van der Waals surface area (Å²) in [5.41, 5.74) is 2.47. The zero-order chi connectivity index (χ0) is 23.5. The Kier molecular flexibility index (Phi) is 4.65. The summed E-state index contributed by atoms with van der Waals surface area (Å²) in [7, 11) is 0. The van der Waals surface area contributed by atoms with E-state index in [4.69, 9.17) is 4.52 Å². The Bertz CT molecular complexity index is 1260. The molecule has 2 amide bonds. The lowest BCUT2D eigenvalue weighted by atomic mass is 9.71. The van der Waals surface area contributed by atoms with Crippen LogP contribution in [0.3, 0.4) is 0 Å². The van der Waals surface area contributed by atoms with E-state index in [1.165, 1.54) is 5.56 Å². The maximum Gasteiger partial charge on any atom is 0.273 e. The number of hydrogen-bond acceptors (Lipinski definition) is 6. The van der Waals surface area contributed by atoms with Crippen LogP contribution in [-0.2, 0) is 11.3 Å². The number of nitrogens with zero attached hydrogens (tertiary/aromatic N) is 4. The van der Waals surface area contributed by atoms with Crippen molar-refractivity contribution in [2.24, 2.45) is 11.3 Å². The molecule has 9 heteroatoms. The SMILES string of the molecule is Cc1cc(Cn2nnc(C(=O)NCC3(NC(=O)[C@@]45C[C@H](c6ccccc6)[C@@H]4C5)CC3)c2C)no1.